The first-order chi connectivity index (χ1) is 14.0. The standard InChI is InChI=1S/C22H28FN3O2S/c1-4-5-6-9-15(2)21(23)28-20-12-17(24-13-16(20)3)14-29(27)22-25-18-10-7-8-11-19(18)26-22/h7-8,10-13,15,21H,4-6,9,14H2,1-3H3,(H,25,26). The van der Waals surface area contributed by atoms with E-state index in [1.165, 1.54) is 0 Å². The Balaban J connectivity index is 1.67. The van der Waals surface area contributed by atoms with Gasteiger partial charge < -0.3 is 9.72 Å². The predicted molar refractivity (Wildman–Crippen MR) is 114 cm³/mol. The monoisotopic (exact) mass is 417 g/mol. The van der Waals surface area contributed by atoms with Crippen molar-refractivity contribution in [3.05, 3.63) is 47.8 Å². The van der Waals surface area contributed by atoms with E-state index in [1.807, 2.05) is 38.1 Å². The zero-order valence-electron chi connectivity index (χ0n) is 17.2. The number of aryl methyl sites for hydroxylation is 1. The summed E-state index contributed by atoms with van der Waals surface area (Å²) >= 11 is 0. The Kier molecular flexibility index (Phi) is 7.36. The van der Waals surface area contributed by atoms with Crippen molar-refractivity contribution < 1.29 is 13.3 Å². The molecule has 0 spiro atoms. The summed E-state index contributed by atoms with van der Waals surface area (Å²) in [7, 11) is -1.39. The van der Waals surface area contributed by atoms with E-state index in [-0.39, 0.29) is 11.7 Å². The van der Waals surface area contributed by atoms with E-state index in [9.17, 15) is 8.60 Å². The zero-order valence-corrected chi connectivity index (χ0v) is 18.0. The van der Waals surface area contributed by atoms with Gasteiger partial charge in [-0.2, -0.15) is 0 Å². The smallest absolute Gasteiger partial charge is 0.241 e. The molecule has 5 nitrogen and oxygen atoms in total. The third kappa shape index (κ3) is 5.63. The Labute approximate surface area is 173 Å². The molecule has 3 atom stereocenters. The number of rotatable bonds is 10. The highest BCUT2D eigenvalue weighted by Gasteiger charge is 2.19. The maximum Gasteiger partial charge on any atom is 0.241 e. The number of unbranched alkanes of at least 4 members (excludes halogenated alkanes) is 2. The Morgan fingerprint density at radius 2 is 2.07 bits per heavy atom. The third-order valence-corrected chi connectivity index (χ3v) is 6.11. The first-order valence-corrected chi connectivity index (χ1v) is 11.4. The molecule has 0 amide bonds. The van der Waals surface area contributed by atoms with E-state index in [1.54, 1.807) is 12.3 Å². The summed E-state index contributed by atoms with van der Waals surface area (Å²) in [4.78, 5) is 11.8. The van der Waals surface area contributed by atoms with Crippen molar-refractivity contribution in [1.82, 2.24) is 15.0 Å². The highest BCUT2D eigenvalue weighted by molar-refractivity contribution is 7.84. The Morgan fingerprint density at radius 1 is 1.28 bits per heavy atom. The molecule has 2 aromatic heterocycles. The number of halogens is 1. The number of aromatic amines is 1. The summed E-state index contributed by atoms with van der Waals surface area (Å²) in [5, 5.41) is 0.406. The van der Waals surface area contributed by atoms with Crippen molar-refractivity contribution in [2.24, 2.45) is 5.92 Å². The first-order valence-electron chi connectivity index (χ1n) is 10.1. The summed E-state index contributed by atoms with van der Waals surface area (Å²) in [6, 6.07) is 9.22. The van der Waals surface area contributed by atoms with E-state index in [0.29, 0.717) is 16.6 Å². The molecule has 0 bridgehead atoms. The predicted octanol–water partition coefficient (Wildman–Crippen LogP) is 5.46. The minimum Gasteiger partial charge on any atom is -0.460 e. The number of fused-ring (bicyclic) bond motifs is 1. The molecule has 0 aliphatic carbocycles. The summed E-state index contributed by atoms with van der Waals surface area (Å²) in [5.74, 6) is 0.452. The number of para-hydroxylation sites is 2. The van der Waals surface area contributed by atoms with Crippen LogP contribution in [0.5, 0.6) is 5.75 Å². The Bertz CT molecular complexity index is 943. The van der Waals surface area contributed by atoms with Gasteiger partial charge in [-0.3, -0.25) is 9.19 Å². The van der Waals surface area contributed by atoms with Gasteiger partial charge in [-0.25, -0.2) is 9.37 Å². The summed E-state index contributed by atoms with van der Waals surface area (Å²) in [5.41, 5.74) is 2.95. The van der Waals surface area contributed by atoms with Crippen LogP contribution in [0.1, 0.15) is 50.8 Å². The van der Waals surface area contributed by atoms with Gasteiger partial charge in [0.15, 0.2) is 5.16 Å². The Morgan fingerprint density at radius 3 is 2.83 bits per heavy atom. The van der Waals surface area contributed by atoms with Crippen LogP contribution in [0.25, 0.3) is 11.0 Å². The first kappa shape index (κ1) is 21.4. The minimum absolute atomic E-state index is 0.178. The molecular weight excluding hydrogens is 389 g/mol. The van der Waals surface area contributed by atoms with E-state index in [4.69, 9.17) is 4.74 Å². The lowest BCUT2D eigenvalue weighted by Gasteiger charge is -2.19. The number of imidazole rings is 1. The molecule has 156 valence electrons. The van der Waals surface area contributed by atoms with E-state index >= 15 is 0 Å². The molecule has 2 heterocycles. The van der Waals surface area contributed by atoms with Crippen LogP contribution in [0.2, 0.25) is 0 Å². The van der Waals surface area contributed by atoms with Gasteiger partial charge in [0.1, 0.15) is 5.75 Å². The highest BCUT2D eigenvalue weighted by Crippen LogP contribution is 2.25. The molecule has 0 saturated heterocycles. The van der Waals surface area contributed by atoms with Crippen molar-refractivity contribution in [2.45, 2.75) is 63.7 Å². The highest BCUT2D eigenvalue weighted by atomic mass is 32.2. The van der Waals surface area contributed by atoms with Gasteiger partial charge in [0.25, 0.3) is 0 Å². The molecule has 0 aliphatic heterocycles. The lowest BCUT2D eigenvalue weighted by molar-refractivity contribution is 0.0142. The van der Waals surface area contributed by atoms with Gasteiger partial charge >= 0.3 is 0 Å². The SMILES string of the molecule is CCCCCC(C)C(F)Oc1cc(CS(=O)c2nc3ccccc3[nH]2)ncc1C. The van der Waals surface area contributed by atoms with E-state index in [0.717, 1.165) is 42.3 Å². The number of hydrogen-bond donors (Lipinski definition) is 1. The van der Waals surface area contributed by atoms with Gasteiger partial charge in [-0.05, 0) is 25.5 Å². The maximum absolute atomic E-state index is 14.5. The number of aromatic nitrogens is 3. The molecule has 0 fully saturated rings. The number of nitrogens with one attached hydrogen (secondary N) is 1. The zero-order chi connectivity index (χ0) is 20.8. The number of pyridine rings is 1. The molecule has 0 saturated carbocycles. The van der Waals surface area contributed by atoms with Crippen LogP contribution < -0.4 is 4.74 Å². The van der Waals surface area contributed by atoms with Crippen molar-refractivity contribution in [1.29, 1.82) is 0 Å². The fourth-order valence-corrected chi connectivity index (χ4v) is 4.06. The average molecular weight is 418 g/mol. The number of ether oxygens (including phenoxy) is 1. The molecule has 7 heteroatoms. The molecule has 1 N–H and O–H groups in total. The molecule has 29 heavy (non-hydrogen) atoms. The second kappa shape index (κ2) is 9.96. The fraction of sp³-hybridized carbons (Fsp3) is 0.455. The quantitative estimate of drug-likeness (QED) is 0.445. The number of hydrogen-bond acceptors (Lipinski definition) is 4. The largest absolute Gasteiger partial charge is 0.460 e. The van der Waals surface area contributed by atoms with Crippen LogP contribution in [0.3, 0.4) is 0 Å². The Hall–Kier alpha value is -2.28. The molecule has 0 aliphatic rings. The van der Waals surface area contributed by atoms with Crippen LogP contribution in [0.15, 0.2) is 41.7 Å². The minimum atomic E-state index is -1.39. The van der Waals surface area contributed by atoms with Crippen molar-refractivity contribution in [3.8, 4) is 5.75 Å². The van der Waals surface area contributed by atoms with Crippen LogP contribution >= 0.6 is 0 Å². The topological polar surface area (TPSA) is 67.9 Å². The van der Waals surface area contributed by atoms with Gasteiger partial charge in [-0.15, -0.1) is 0 Å². The van der Waals surface area contributed by atoms with Gasteiger partial charge in [0.2, 0.25) is 6.36 Å². The van der Waals surface area contributed by atoms with E-state index in [2.05, 4.69) is 21.9 Å². The van der Waals surface area contributed by atoms with Crippen LogP contribution in [-0.2, 0) is 16.6 Å². The van der Waals surface area contributed by atoms with Gasteiger partial charge in [-0.1, -0.05) is 45.2 Å². The molecular formula is C22H28FN3O2S. The fourth-order valence-electron chi connectivity index (χ4n) is 3.08. The van der Waals surface area contributed by atoms with Crippen LogP contribution in [-0.4, -0.2) is 25.5 Å². The number of benzene rings is 1. The summed E-state index contributed by atoms with van der Waals surface area (Å²) in [6.07, 6.45) is 4.26. The third-order valence-electron chi connectivity index (χ3n) is 4.92. The van der Waals surface area contributed by atoms with Crippen molar-refractivity contribution in [3.63, 3.8) is 0 Å². The van der Waals surface area contributed by atoms with Gasteiger partial charge in [0, 0.05) is 23.7 Å². The number of alkyl halides is 1. The van der Waals surface area contributed by atoms with Crippen LogP contribution in [0, 0.1) is 12.8 Å². The maximum atomic E-state index is 14.5. The van der Waals surface area contributed by atoms with Crippen LogP contribution in [0.4, 0.5) is 4.39 Å². The van der Waals surface area contributed by atoms with Gasteiger partial charge in [0.05, 0.1) is 33.3 Å². The molecule has 1 aromatic carbocycles. The second-order valence-corrected chi connectivity index (χ2v) is 8.80. The normalized spacial score (nSPS) is 14.6. The molecule has 3 unspecified atom stereocenters. The lowest BCUT2D eigenvalue weighted by Crippen LogP contribution is -2.20. The average Bonchev–Trinajstić information content (AvgIpc) is 3.15. The summed E-state index contributed by atoms with van der Waals surface area (Å²) in [6.45, 7) is 5.83. The van der Waals surface area contributed by atoms with E-state index < -0.39 is 17.2 Å². The second-order valence-electron chi connectivity index (χ2n) is 7.43. The van der Waals surface area contributed by atoms with Crippen molar-refractivity contribution >= 4 is 21.8 Å². The molecule has 3 rings (SSSR count). The molecule has 0 radical (unpaired) electrons. The van der Waals surface area contributed by atoms with Crippen molar-refractivity contribution in [2.75, 3.05) is 0 Å². The number of H-pyrrole nitrogens is 1. The molecule has 3 aromatic rings. The summed E-state index contributed by atoms with van der Waals surface area (Å²) < 4.78 is 32.9. The number of nitrogens with zero attached hydrogens (tertiary/aromatic N) is 2. The lowest BCUT2D eigenvalue weighted by atomic mass is 10.0.